The fraction of sp³-hybridized carbons (Fsp3) is 0.208. The Labute approximate surface area is 189 Å². The van der Waals surface area contributed by atoms with Crippen molar-refractivity contribution in [2.24, 2.45) is 0 Å². The van der Waals surface area contributed by atoms with Gasteiger partial charge in [-0.25, -0.2) is 9.78 Å². The van der Waals surface area contributed by atoms with Gasteiger partial charge in [-0.05, 0) is 53.9 Å². The largest absolute Gasteiger partial charge is 0.493 e. The predicted octanol–water partition coefficient (Wildman–Crippen LogP) is 3.52. The van der Waals surface area contributed by atoms with Gasteiger partial charge in [0.25, 0.3) is 5.56 Å². The highest BCUT2D eigenvalue weighted by atomic mass is 35.5. The normalized spacial score (nSPS) is 11.0. The molecule has 0 aliphatic heterocycles. The minimum atomic E-state index is -0.406. The standard InChI is InChI=1S/C24H22ClN3O4/c1-31-20-10-7-16(14-21(20)32-2)11-13-27-23(29)19-4-3-12-26-22(19)28(24(27)30)15-17-5-8-18(25)9-6-17/h3-10,12,14H,11,13,15H2,1-2H3. The van der Waals surface area contributed by atoms with E-state index in [1.54, 1.807) is 50.7 Å². The molecule has 4 rings (SSSR count). The maximum absolute atomic E-state index is 13.3. The van der Waals surface area contributed by atoms with Crippen molar-refractivity contribution in [3.63, 3.8) is 0 Å². The van der Waals surface area contributed by atoms with Gasteiger partial charge in [0.1, 0.15) is 5.65 Å². The third-order valence-corrected chi connectivity index (χ3v) is 5.56. The molecule has 0 saturated heterocycles. The van der Waals surface area contributed by atoms with Crippen LogP contribution < -0.4 is 20.7 Å². The Bertz CT molecular complexity index is 1380. The number of halogens is 1. The summed E-state index contributed by atoms with van der Waals surface area (Å²) in [6.07, 6.45) is 2.05. The van der Waals surface area contributed by atoms with Gasteiger partial charge in [0.05, 0.1) is 26.2 Å². The fourth-order valence-electron chi connectivity index (χ4n) is 3.64. The maximum Gasteiger partial charge on any atom is 0.332 e. The molecule has 32 heavy (non-hydrogen) atoms. The smallest absolute Gasteiger partial charge is 0.332 e. The number of rotatable bonds is 7. The number of fused-ring (bicyclic) bond motifs is 1. The molecule has 7 nitrogen and oxygen atoms in total. The van der Waals surface area contributed by atoms with Crippen LogP contribution >= 0.6 is 11.6 Å². The Morgan fingerprint density at radius 3 is 2.34 bits per heavy atom. The molecule has 2 aromatic heterocycles. The summed E-state index contributed by atoms with van der Waals surface area (Å²) in [6.45, 7) is 0.499. The topological polar surface area (TPSA) is 75.4 Å². The number of aromatic nitrogens is 3. The molecular weight excluding hydrogens is 430 g/mol. The molecule has 0 unspecified atom stereocenters. The van der Waals surface area contributed by atoms with Crippen LogP contribution in [-0.4, -0.2) is 28.3 Å². The lowest BCUT2D eigenvalue weighted by molar-refractivity contribution is 0.354. The van der Waals surface area contributed by atoms with Crippen LogP contribution in [-0.2, 0) is 19.5 Å². The van der Waals surface area contributed by atoms with Gasteiger partial charge in [0.2, 0.25) is 0 Å². The van der Waals surface area contributed by atoms with Crippen LogP contribution in [0.15, 0.2) is 70.4 Å². The first kappa shape index (κ1) is 21.6. The van der Waals surface area contributed by atoms with Crippen LogP contribution in [0.4, 0.5) is 0 Å². The summed E-state index contributed by atoms with van der Waals surface area (Å²) in [7, 11) is 3.14. The van der Waals surface area contributed by atoms with E-state index in [9.17, 15) is 9.59 Å². The number of nitrogens with zero attached hydrogens (tertiary/aromatic N) is 3. The van der Waals surface area contributed by atoms with Gasteiger partial charge in [-0.1, -0.05) is 29.8 Å². The zero-order chi connectivity index (χ0) is 22.7. The molecular formula is C24H22ClN3O4. The Hall–Kier alpha value is -3.58. The fourth-order valence-corrected chi connectivity index (χ4v) is 3.76. The van der Waals surface area contributed by atoms with Crippen molar-refractivity contribution in [1.82, 2.24) is 14.1 Å². The van der Waals surface area contributed by atoms with E-state index in [0.717, 1.165) is 11.1 Å². The van der Waals surface area contributed by atoms with Gasteiger partial charge in [0, 0.05) is 17.8 Å². The van der Waals surface area contributed by atoms with Crippen LogP contribution in [0, 0.1) is 0 Å². The van der Waals surface area contributed by atoms with Gasteiger partial charge in [-0.2, -0.15) is 0 Å². The molecule has 0 aliphatic carbocycles. The van der Waals surface area contributed by atoms with Crippen LogP contribution in [0.2, 0.25) is 5.02 Å². The summed E-state index contributed by atoms with van der Waals surface area (Å²) >= 11 is 5.98. The van der Waals surface area contributed by atoms with Gasteiger partial charge < -0.3 is 9.47 Å². The second kappa shape index (κ2) is 9.28. The Balaban J connectivity index is 1.74. The SMILES string of the molecule is COc1ccc(CCn2c(=O)c3cccnc3n(Cc3ccc(Cl)cc3)c2=O)cc1OC. The molecule has 2 aromatic carbocycles. The summed E-state index contributed by atoms with van der Waals surface area (Å²) in [4.78, 5) is 30.7. The second-order valence-corrected chi connectivity index (χ2v) is 7.70. The number of hydrogen-bond acceptors (Lipinski definition) is 5. The van der Waals surface area contributed by atoms with Crippen molar-refractivity contribution in [3.05, 3.63) is 97.8 Å². The summed E-state index contributed by atoms with van der Waals surface area (Å²) < 4.78 is 13.4. The molecule has 0 atom stereocenters. The molecule has 0 bridgehead atoms. The quantitative estimate of drug-likeness (QED) is 0.429. The van der Waals surface area contributed by atoms with Gasteiger partial charge >= 0.3 is 5.69 Å². The monoisotopic (exact) mass is 451 g/mol. The third kappa shape index (κ3) is 4.24. The molecule has 0 fully saturated rings. The molecule has 0 amide bonds. The van der Waals surface area contributed by atoms with E-state index in [2.05, 4.69) is 4.98 Å². The van der Waals surface area contributed by atoms with Crippen molar-refractivity contribution in [3.8, 4) is 11.5 Å². The van der Waals surface area contributed by atoms with Crippen molar-refractivity contribution in [2.45, 2.75) is 19.5 Å². The minimum absolute atomic E-state index is 0.221. The van der Waals surface area contributed by atoms with Gasteiger partial charge in [0.15, 0.2) is 11.5 Å². The summed E-state index contributed by atoms with van der Waals surface area (Å²) in [6, 6.07) is 16.2. The number of aryl methyl sites for hydroxylation is 1. The van der Waals surface area contributed by atoms with E-state index in [0.29, 0.717) is 34.0 Å². The molecule has 0 saturated carbocycles. The first-order valence-corrected chi connectivity index (χ1v) is 10.4. The van der Waals surface area contributed by atoms with E-state index >= 15 is 0 Å². The van der Waals surface area contributed by atoms with E-state index in [1.807, 2.05) is 24.3 Å². The van der Waals surface area contributed by atoms with E-state index in [1.165, 1.54) is 9.13 Å². The average Bonchev–Trinajstić information content (AvgIpc) is 2.82. The Morgan fingerprint density at radius 2 is 1.62 bits per heavy atom. The summed E-state index contributed by atoms with van der Waals surface area (Å²) in [5.41, 5.74) is 1.40. The second-order valence-electron chi connectivity index (χ2n) is 7.27. The predicted molar refractivity (Wildman–Crippen MR) is 124 cm³/mol. The number of methoxy groups -OCH3 is 2. The summed E-state index contributed by atoms with van der Waals surface area (Å²) in [5.74, 6) is 1.22. The molecule has 0 aliphatic rings. The first-order valence-electron chi connectivity index (χ1n) is 10.1. The number of pyridine rings is 1. The van der Waals surface area contributed by atoms with Crippen molar-refractivity contribution in [2.75, 3.05) is 14.2 Å². The lowest BCUT2D eigenvalue weighted by Gasteiger charge is -2.14. The van der Waals surface area contributed by atoms with Crippen LogP contribution in [0.3, 0.4) is 0 Å². The van der Waals surface area contributed by atoms with Crippen LogP contribution in [0.25, 0.3) is 11.0 Å². The van der Waals surface area contributed by atoms with Crippen LogP contribution in [0.5, 0.6) is 11.5 Å². The van der Waals surface area contributed by atoms with Gasteiger partial charge in [-0.15, -0.1) is 0 Å². The zero-order valence-corrected chi connectivity index (χ0v) is 18.5. The van der Waals surface area contributed by atoms with E-state index in [4.69, 9.17) is 21.1 Å². The van der Waals surface area contributed by atoms with E-state index in [-0.39, 0.29) is 18.6 Å². The highest BCUT2D eigenvalue weighted by Gasteiger charge is 2.15. The average molecular weight is 452 g/mol. The van der Waals surface area contributed by atoms with Gasteiger partial charge in [-0.3, -0.25) is 13.9 Å². The first-order chi connectivity index (χ1) is 15.5. The third-order valence-electron chi connectivity index (χ3n) is 5.31. The number of hydrogen-bond donors (Lipinski definition) is 0. The lowest BCUT2D eigenvalue weighted by atomic mass is 10.1. The molecule has 4 aromatic rings. The molecule has 0 radical (unpaired) electrons. The zero-order valence-electron chi connectivity index (χ0n) is 17.7. The number of benzene rings is 2. The highest BCUT2D eigenvalue weighted by Crippen LogP contribution is 2.27. The molecule has 164 valence electrons. The Kier molecular flexibility index (Phi) is 6.28. The van der Waals surface area contributed by atoms with Crippen molar-refractivity contribution in [1.29, 1.82) is 0 Å². The Morgan fingerprint density at radius 1 is 0.906 bits per heavy atom. The molecule has 0 spiro atoms. The van der Waals surface area contributed by atoms with Crippen molar-refractivity contribution >= 4 is 22.6 Å². The lowest BCUT2D eigenvalue weighted by Crippen LogP contribution is -2.41. The van der Waals surface area contributed by atoms with E-state index < -0.39 is 5.69 Å². The summed E-state index contributed by atoms with van der Waals surface area (Å²) in [5, 5.41) is 1.01. The minimum Gasteiger partial charge on any atom is -0.493 e. The number of ether oxygens (including phenoxy) is 2. The molecule has 8 heteroatoms. The van der Waals surface area contributed by atoms with Crippen molar-refractivity contribution < 1.29 is 9.47 Å². The molecule has 2 heterocycles. The maximum atomic E-state index is 13.3. The highest BCUT2D eigenvalue weighted by molar-refractivity contribution is 6.30. The van der Waals surface area contributed by atoms with Crippen LogP contribution in [0.1, 0.15) is 11.1 Å². The molecule has 0 N–H and O–H groups in total.